The van der Waals surface area contributed by atoms with Gasteiger partial charge in [0.05, 0.1) is 29.6 Å². The average Bonchev–Trinajstić information content (AvgIpc) is 3.31. The van der Waals surface area contributed by atoms with Gasteiger partial charge in [0.1, 0.15) is 11.6 Å². The molecule has 1 saturated heterocycles. The monoisotopic (exact) mass is 554 g/mol. The number of benzene rings is 2. The highest BCUT2D eigenvalue weighted by atomic mass is 79.9. The number of ether oxygens (including phenoxy) is 1. The van der Waals surface area contributed by atoms with Gasteiger partial charge in [-0.1, -0.05) is 34.1 Å². The molecule has 0 aliphatic carbocycles. The smallest absolute Gasteiger partial charge is 0.256 e. The van der Waals surface area contributed by atoms with E-state index >= 15 is 0 Å². The van der Waals surface area contributed by atoms with E-state index in [2.05, 4.69) is 26.3 Å². The molecule has 3 aromatic rings. The van der Waals surface area contributed by atoms with E-state index in [1.165, 1.54) is 18.2 Å². The van der Waals surface area contributed by atoms with Gasteiger partial charge in [-0.15, -0.1) is 0 Å². The molecule has 9 heteroatoms. The van der Waals surface area contributed by atoms with Gasteiger partial charge >= 0.3 is 0 Å². The van der Waals surface area contributed by atoms with E-state index in [4.69, 9.17) is 4.74 Å². The number of likely N-dealkylation sites (tertiary alicyclic amines) is 1. The third-order valence-electron chi connectivity index (χ3n) is 5.86. The summed E-state index contributed by atoms with van der Waals surface area (Å²) in [6, 6.07) is 12.1. The van der Waals surface area contributed by atoms with Crippen LogP contribution in [0.1, 0.15) is 48.7 Å². The van der Waals surface area contributed by atoms with Crippen LogP contribution in [0.4, 0.5) is 10.1 Å². The molecule has 0 unspecified atom stereocenters. The van der Waals surface area contributed by atoms with Gasteiger partial charge in [0.25, 0.3) is 5.91 Å². The Bertz CT molecular complexity index is 1270. The van der Waals surface area contributed by atoms with Crippen molar-refractivity contribution in [3.8, 4) is 5.75 Å². The fraction of sp³-hybridized carbons (Fsp3) is 0.296. The molecule has 7 nitrogen and oxygen atoms in total. The molecule has 0 bridgehead atoms. The van der Waals surface area contributed by atoms with Crippen molar-refractivity contribution < 1.29 is 18.7 Å². The van der Waals surface area contributed by atoms with Crippen molar-refractivity contribution in [1.29, 1.82) is 0 Å². The number of hydrogen-bond donors (Lipinski definition) is 1. The van der Waals surface area contributed by atoms with Crippen LogP contribution in [-0.2, 0) is 4.79 Å². The van der Waals surface area contributed by atoms with Crippen molar-refractivity contribution in [3.05, 3.63) is 82.4 Å². The van der Waals surface area contributed by atoms with E-state index in [0.29, 0.717) is 37.4 Å². The maximum Gasteiger partial charge on any atom is 0.256 e. The minimum atomic E-state index is -0.582. The topological polar surface area (TPSA) is 76.5 Å². The summed E-state index contributed by atoms with van der Waals surface area (Å²) < 4.78 is 22.8. The number of hydrogen-bond acceptors (Lipinski definition) is 4. The molecular weight excluding hydrogens is 527 g/mol. The molecule has 36 heavy (non-hydrogen) atoms. The van der Waals surface area contributed by atoms with Crippen LogP contribution in [0.5, 0.6) is 5.75 Å². The number of carbonyl (C=O) groups is 2. The third-order valence-corrected chi connectivity index (χ3v) is 6.58. The van der Waals surface area contributed by atoms with Crippen molar-refractivity contribution in [2.24, 2.45) is 0 Å². The maximum absolute atomic E-state index is 14.5. The third kappa shape index (κ3) is 6.40. The first-order valence-corrected chi connectivity index (χ1v) is 12.6. The van der Waals surface area contributed by atoms with Crippen molar-refractivity contribution in [3.63, 3.8) is 0 Å². The van der Waals surface area contributed by atoms with Crippen LogP contribution in [0.3, 0.4) is 0 Å². The zero-order chi connectivity index (χ0) is 25.7. The number of nitrogens with one attached hydrogen (secondary N) is 1. The highest BCUT2D eigenvalue weighted by molar-refractivity contribution is 9.10. The van der Waals surface area contributed by atoms with Gasteiger partial charge in [-0.05, 0) is 56.5 Å². The van der Waals surface area contributed by atoms with Gasteiger partial charge in [-0.25, -0.2) is 4.39 Å². The summed E-state index contributed by atoms with van der Waals surface area (Å²) in [6.45, 7) is 4.70. The lowest BCUT2D eigenvalue weighted by atomic mass is 10.0. The van der Waals surface area contributed by atoms with E-state index in [-0.39, 0.29) is 29.5 Å². The normalized spacial score (nSPS) is 14.4. The molecule has 0 saturated carbocycles. The minimum absolute atomic E-state index is 0.0456. The molecule has 2 aromatic carbocycles. The van der Waals surface area contributed by atoms with E-state index < -0.39 is 5.82 Å². The Morgan fingerprint density at radius 3 is 2.64 bits per heavy atom. The van der Waals surface area contributed by atoms with Gasteiger partial charge in [-0.2, -0.15) is 5.10 Å². The second-order valence-corrected chi connectivity index (χ2v) is 9.74. The van der Waals surface area contributed by atoms with Crippen molar-refractivity contribution in [2.45, 2.75) is 38.8 Å². The highest BCUT2D eigenvalue weighted by Crippen LogP contribution is 2.26. The maximum atomic E-state index is 14.5. The summed E-state index contributed by atoms with van der Waals surface area (Å²) >= 11 is 3.46. The lowest BCUT2D eigenvalue weighted by Gasteiger charge is -2.32. The SMILES string of the molecule is CC(C)Oc1ccc(C(=O)N2CCC(n3cc(NC(=O)/C=C/c4ccccc4Br)cn3)CC2)c(F)c1. The molecule has 1 aliphatic rings. The number of aromatic nitrogens is 2. The lowest BCUT2D eigenvalue weighted by molar-refractivity contribution is -0.111. The Hall–Kier alpha value is -3.46. The molecule has 0 spiro atoms. The predicted octanol–water partition coefficient (Wildman–Crippen LogP) is 5.70. The van der Waals surface area contributed by atoms with Crippen LogP contribution in [0.25, 0.3) is 6.08 Å². The summed E-state index contributed by atoms with van der Waals surface area (Å²) in [5, 5.41) is 7.21. The van der Waals surface area contributed by atoms with Crippen molar-refractivity contribution in [1.82, 2.24) is 14.7 Å². The first-order valence-electron chi connectivity index (χ1n) is 11.8. The Labute approximate surface area is 218 Å². The summed E-state index contributed by atoms with van der Waals surface area (Å²) in [4.78, 5) is 26.8. The summed E-state index contributed by atoms with van der Waals surface area (Å²) in [6.07, 6.45) is 7.90. The van der Waals surface area contributed by atoms with Crippen molar-refractivity contribution in [2.75, 3.05) is 18.4 Å². The molecule has 0 radical (unpaired) electrons. The van der Waals surface area contributed by atoms with E-state index in [0.717, 1.165) is 10.0 Å². The Morgan fingerprint density at radius 2 is 1.94 bits per heavy atom. The van der Waals surface area contributed by atoms with Gasteiger partial charge in [0, 0.05) is 35.9 Å². The van der Waals surface area contributed by atoms with Crippen LogP contribution >= 0.6 is 15.9 Å². The van der Waals surface area contributed by atoms with Crippen LogP contribution < -0.4 is 10.1 Å². The molecule has 1 fully saturated rings. The fourth-order valence-corrected chi connectivity index (χ4v) is 4.50. The number of carbonyl (C=O) groups excluding carboxylic acids is 2. The molecule has 2 heterocycles. The van der Waals surface area contributed by atoms with Gasteiger partial charge in [0.2, 0.25) is 5.91 Å². The number of rotatable bonds is 7. The minimum Gasteiger partial charge on any atom is -0.491 e. The number of piperidine rings is 1. The molecule has 0 atom stereocenters. The molecule has 4 rings (SSSR count). The molecule has 1 aromatic heterocycles. The van der Waals surface area contributed by atoms with Crippen LogP contribution in [0.15, 0.2) is 65.4 Å². The van der Waals surface area contributed by atoms with E-state index in [9.17, 15) is 14.0 Å². The zero-order valence-corrected chi connectivity index (χ0v) is 21.7. The number of nitrogens with zero attached hydrogens (tertiary/aromatic N) is 3. The second kappa shape index (κ2) is 11.5. The largest absolute Gasteiger partial charge is 0.491 e. The number of amides is 2. The molecule has 2 amide bonds. The van der Waals surface area contributed by atoms with Gasteiger partial charge in [-0.3, -0.25) is 14.3 Å². The average molecular weight is 555 g/mol. The van der Waals surface area contributed by atoms with E-state index in [1.807, 2.05) is 42.8 Å². The first kappa shape index (κ1) is 25.6. The molecule has 1 N–H and O–H groups in total. The Morgan fingerprint density at radius 1 is 1.19 bits per heavy atom. The quantitative estimate of drug-likeness (QED) is 0.380. The summed E-state index contributed by atoms with van der Waals surface area (Å²) in [5.41, 5.74) is 1.55. The number of anilines is 1. The fourth-order valence-electron chi connectivity index (χ4n) is 4.08. The molecule has 1 aliphatic heterocycles. The highest BCUT2D eigenvalue weighted by Gasteiger charge is 2.27. The van der Waals surface area contributed by atoms with Crippen LogP contribution in [0, 0.1) is 5.82 Å². The van der Waals surface area contributed by atoms with E-state index in [1.54, 1.807) is 29.4 Å². The number of halogens is 2. The predicted molar refractivity (Wildman–Crippen MR) is 140 cm³/mol. The first-order chi connectivity index (χ1) is 17.3. The zero-order valence-electron chi connectivity index (χ0n) is 20.2. The van der Waals surface area contributed by atoms with Crippen molar-refractivity contribution >= 4 is 39.5 Å². The van der Waals surface area contributed by atoms with Crippen LogP contribution in [0.2, 0.25) is 0 Å². The van der Waals surface area contributed by atoms with Gasteiger partial charge in [0.15, 0.2) is 0 Å². The second-order valence-electron chi connectivity index (χ2n) is 8.88. The molecular formula is C27H28BrFN4O3. The van der Waals surface area contributed by atoms with Crippen LogP contribution in [-0.4, -0.2) is 45.7 Å². The standard InChI is InChI=1S/C27H28BrFN4O3/c1-18(2)36-22-8-9-23(25(29)15-22)27(35)32-13-11-21(12-14-32)33-17-20(16-30-33)31-26(34)10-7-19-5-3-4-6-24(19)28/h3-10,15-18,21H,11-14H2,1-2H3,(H,31,34)/b10-7+. The van der Waals surface area contributed by atoms with Gasteiger partial charge < -0.3 is 15.0 Å². The summed E-state index contributed by atoms with van der Waals surface area (Å²) in [7, 11) is 0. The Kier molecular flexibility index (Phi) is 8.20. The Balaban J connectivity index is 1.31. The lowest BCUT2D eigenvalue weighted by Crippen LogP contribution is -2.39. The summed E-state index contributed by atoms with van der Waals surface area (Å²) in [5.74, 6) is -0.756. The molecule has 188 valence electrons.